The highest BCUT2D eigenvalue weighted by atomic mass is 35.5. The van der Waals surface area contributed by atoms with Crippen molar-refractivity contribution in [2.45, 2.75) is 49.5 Å². The van der Waals surface area contributed by atoms with E-state index in [1.165, 1.54) is 0 Å². The molecule has 0 unspecified atom stereocenters. The van der Waals surface area contributed by atoms with Gasteiger partial charge in [-0.05, 0) is 62.3 Å². The van der Waals surface area contributed by atoms with Crippen LogP contribution in [-0.4, -0.2) is 44.9 Å². The summed E-state index contributed by atoms with van der Waals surface area (Å²) in [5, 5.41) is 0. The van der Waals surface area contributed by atoms with Gasteiger partial charge in [-0.3, -0.25) is 4.79 Å². The molecular weight excluding hydrogens is 374 g/mol. The maximum atomic E-state index is 12.3. The van der Waals surface area contributed by atoms with Crippen LogP contribution < -0.4 is 10.5 Å². The van der Waals surface area contributed by atoms with E-state index in [0.29, 0.717) is 30.2 Å². The molecule has 8 heteroatoms. The Balaban J connectivity index is 0.00000243. The van der Waals surface area contributed by atoms with E-state index in [4.69, 9.17) is 5.73 Å². The number of nitrogens with one attached hydrogen (secondary N) is 1. The van der Waals surface area contributed by atoms with E-state index in [1.807, 2.05) is 4.90 Å². The Bertz CT molecular complexity index is 697. The fraction of sp³-hybridized carbons (Fsp3) is 0.611. The summed E-state index contributed by atoms with van der Waals surface area (Å²) in [6.07, 6.45) is 4.90. The largest absolute Gasteiger partial charge is 0.343 e. The van der Waals surface area contributed by atoms with Gasteiger partial charge in [0, 0.05) is 25.6 Å². The third-order valence-electron chi connectivity index (χ3n) is 5.06. The van der Waals surface area contributed by atoms with E-state index in [1.54, 1.807) is 24.3 Å². The number of sulfonamides is 1. The quantitative estimate of drug-likeness (QED) is 0.726. The maximum Gasteiger partial charge on any atom is 0.240 e. The van der Waals surface area contributed by atoms with Crippen LogP contribution in [0.15, 0.2) is 29.2 Å². The lowest BCUT2D eigenvalue weighted by atomic mass is 9.97. The van der Waals surface area contributed by atoms with Crippen LogP contribution in [0.2, 0.25) is 0 Å². The van der Waals surface area contributed by atoms with Crippen molar-refractivity contribution >= 4 is 28.3 Å². The van der Waals surface area contributed by atoms with Crippen LogP contribution in [0.4, 0.5) is 0 Å². The zero-order valence-corrected chi connectivity index (χ0v) is 16.5. The molecule has 6 nitrogen and oxygen atoms in total. The van der Waals surface area contributed by atoms with Crippen LogP contribution in [0.3, 0.4) is 0 Å². The normalized spacial score (nSPS) is 18.4. The highest BCUT2D eigenvalue weighted by molar-refractivity contribution is 7.89. The summed E-state index contributed by atoms with van der Waals surface area (Å²) in [6.45, 7) is 2.29. The number of likely N-dealkylation sites (tertiary alicyclic amines) is 1. The molecule has 2 fully saturated rings. The minimum absolute atomic E-state index is 0. The van der Waals surface area contributed by atoms with Gasteiger partial charge >= 0.3 is 0 Å². The third kappa shape index (κ3) is 5.67. The summed E-state index contributed by atoms with van der Waals surface area (Å²) in [4.78, 5) is 14.5. The molecule has 0 spiro atoms. The van der Waals surface area contributed by atoms with Gasteiger partial charge in [-0.15, -0.1) is 12.4 Å². The lowest BCUT2D eigenvalue weighted by molar-refractivity contribution is -0.132. The number of piperidine rings is 1. The van der Waals surface area contributed by atoms with Crippen molar-refractivity contribution in [1.29, 1.82) is 0 Å². The Morgan fingerprint density at radius 1 is 1.12 bits per heavy atom. The zero-order valence-electron chi connectivity index (χ0n) is 14.9. The SMILES string of the molecule is Cl.NCC1CCN(C(=O)CCc2ccc(S(=O)(=O)NC3CC3)cc2)CC1. The molecule has 146 valence electrons. The van der Waals surface area contributed by atoms with Gasteiger partial charge < -0.3 is 10.6 Å². The number of nitrogens with zero attached hydrogens (tertiary/aromatic N) is 1. The molecule has 1 saturated heterocycles. The lowest BCUT2D eigenvalue weighted by Crippen LogP contribution is -2.40. The van der Waals surface area contributed by atoms with Crippen molar-refractivity contribution < 1.29 is 13.2 Å². The first-order valence-electron chi connectivity index (χ1n) is 9.07. The van der Waals surface area contributed by atoms with Gasteiger partial charge in [0.2, 0.25) is 15.9 Å². The monoisotopic (exact) mass is 401 g/mol. The van der Waals surface area contributed by atoms with Crippen LogP contribution >= 0.6 is 12.4 Å². The Kier molecular flexibility index (Phi) is 7.46. The van der Waals surface area contributed by atoms with Crippen LogP contribution in [0, 0.1) is 5.92 Å². The summed E-state index contributed by atoms with van der Waals surface area (Å²) in [5.41, 5.74) is 6.66. The standard InChI is InChI=1S/C18H27N3O3S.ClH/c19-13-15-9-11-21(12-10-15)18(22)8-3-14-1-6-17(7-2-14)25(23,24)20-16-4-5-16;/h1-2,6-7,15-16,20H,3-5,8-13,19H2;1H. The molecule has 0 aromatic heterocycles. The van der Waals surface area contributed by atoms with E-state index in [9.17, 15) is 13.2 Å². The fourth-order valence-electron chi connectivity index (χ4n) is 3.15. The van der Waals surface area contributed by atoms with Crippen molar-refractivity contribution in [3.05, 3.63) is 29.8 Å². The number of rotatable bonds is 7. The number of benzene rings is 1. The van der Waals surface area contributed by atoms with Crippen molar-refractivity contribution in [3.63, 3.8) is 0 Å². The first kappa shape index (κ1) is 21.2. The van der Waals surface area contributed by atoms with Crippen LogP contribution in [0.5, 0.6) is 0 Å². The molecule has 0 bridgehead atoms. The van der Waals surface area contributed by atoms with Gasteiger partial charge in [-0.1, -0.05) is 12.1 Å². The predicted octanol–water partition coefficient (Wildman–Crippen LogP) is 1.68. The van der Waals surface area contributed by atoms with Crippen molar-refractivity contribution in [1.82, 2.24) is 9.62 Å². The average Bonchev–Trinajstić information content (AvgIpc) is 3.43. The number of amides is 1. The number of carbonyl (C=O) groups excluding carboxylic acids is 1. The van der Waals surface area contributed by atoms with Gasteiger partial charge in [0.1, 0.15) is 0 Å². The van der Waals surface area contributed by atoms with E-state index in [-0.39, 0.29) is 24.4 Å². The van der Waals surface area contributed by atoms with Crippen LogP contribution in [-0.2, 0) is 21.2 Å². The minimum atomic E-state index is -3.41. The molecule has 1 aromatic rings. The Hall–Kier alpha value is -1.15. The van der Waals surface area contributed by atoms with E-state index in [0.717, 1.165) is 44.3 Å². The number of halogens is 1. The molecule has 1 saturated carbocycles. The second-order valence-electron chi connectivity index (χ2n) is 7.10. The molecule has 1 aliphatic heterocycles. The number of hydrogen-bond acceptors (Lipinski definition) is 4. The molecule has 2 aliphatic rings. The van der Waals surface area contributed by atoms with Gasteiger partial charge in [0.15, 0.2) is 0 Å². The molecule has 0 radical (unpaired) electrons. The Morgan fingerprint density at radius 2 is 1.73 bits per heavy atom. The summed E-state index contributed by atoms with van der Waals surface area (Å²) in [6, 6.07) is 6.95. The second-order valence-corrected chi connectivity index (χ2v) is 8.81. The molecule has 1 aliphatic carbocycles. The van der Waals surface area contributed by atoms with Gasteiger partial charge in [-0.25, -0.2) is 13.1 Å². The minimum Gasteiger partial charge on any atom is -0.343 e. The average molecular weight is 402 g/mol. The van der Waals surface area contributed by atoms with Gasteiger partial charge in [0.05, 0.1) is 4.90 Å². The summed E-state index contributed by atoms with van der Waals surface area (Å²) < 4.78 is 26.9. The van der Waals surface area contributed by atoms with Crippen molar-refractivity contribution in [3.8, 4) is 0 Å². The van der Waals surface area contributed by atoms with Crippen LogP contribution in [0.25, 0.3) is 0 Å². The van der Waals surface area contributed by atoms with Crippen LogP contribution in [0.1, 0.15) is 37.7 Å². The number of carbonyl (C=O) groups is 1. The fourth-order valence-corrected chi connectivity index (χ4v) is 4.46. The molecule has 1 amide bonds. The molecule has 1 heterocycles. The molecule has 0 atom stereocenters. The molecule has 26 heavy (non-hydrogen) atoms. The number of hydrogen-bond donors (Lipinski definition) is 2. The molecule has 3 N–H and O–H groups in total. The predicted molar refractivity (Wildman–Crippen MR) is 104 cm³/mol. The Labute approximate surface area is 162 Å². The van der Waals surface area contributed by atoms with E-state index in [2.05, 4.69) is 4.72 Å². The molecule has 3 rings (SSSR count). The first-order chi connectivity index (χ1) is 12.0. The van der Waals surface area contributed by atoms with Crippen molar-refractivity contribution in [2.75, 3.05) is 19.6 Å². The smallest absolute Gasteiger partial charge is 0.240 e. The van der Waals surface area contributed by atoms with Gasteiger partial charge in [0.25, 0.3) is 0 Å². The molecular formula is C18H28ClN3O3S. The number of nitrogens with two attached hydrogens (primary N) is 1. The van der Waals surface area contributed by atoms with Crippen molar-refractivity contribution in [2.24, 2.45) is 11.7 Å². The molecule has 1 aromatic carbocycles. The maximum absolute atomic E-state index is 12.3. The second kappa shape index (κ2) is 9.17. The highest BCUT2D eigenvalue weighted by Crippen LogP contribution is 2.22. The highest BCUT2D eigenvalue weighted by Gasteiger charge is 2.28. The summed E-state index contributed by atoms with van der Waals surface area (Å²) in [7, 11) is -3.41. The Morgan fingerprint density at radius 3 is 2.27 bits per heavy atom. The van der Waals surface area contributed by atoms with Gasteiger partial charge in [-0.2, -0.15) is 0 Å². The topological polar surface area (TPSA) is 92.5 Å². The zero-order chi connectivity index (χ0) is 17.9. The summed E-state index contributed by atoms with van der Waals surface area (Å²) >= 11 is 0. The third-order valence-corrected chi connectivity index (χ3v) is 6.60. The number of aryl methyl sites for hydroxylation is 1. The van der Waals surface area contributed by atoms with E-state index < -0.39 is 10.0 Å². The lowest BCUT2D eigenvalue weighted by Gasteiger charge is -2.31. The first-order valence-corrected chi connectivity index (χ1v) is 10.6. The summed E-state index contributed by atoms with van der Waals surface area (Å²) in [5.74, 6) is 0.713. The van der Waals surface area contributed by atoms with E-state index >= 15 is 0 Å².